The van der Waals surface area contributed by atoms with Gasteiger partial charge in [0.15, 0.2) is 5.78 Å². The van der Waals surface area contributed by atoms with Crippen molar-refractivity contribution in [3.8, 4) is 0 Å². The van der Waals surface area contributed by atoms with Gasteiger partial charge in [0.1, 0.15) is 5.82 Å². The predicted molar refractivity (Wildman–Crippen MR) is 52.3 cm³/mol. The summed E-state index contributed by atoms with van der Waals surface area (Å²) in [6.07, 6.45) is 3.23. The van der Waals surface area contributed by atoms with Crippen LogP contribution in [0.25, 0.3) is 0 Å². The number of nitrogens with zero attached hydrogens (tertiary/aromatic N) is 1. The van der Waals surface area contributed by atoms with Crippen molar-refractivity contribution in [3.05, 3.63) is 36.2 Å². The van der Waals surface area contributed by atoms with Gasteiger partial charge in [0.25, 0.3) is 0 Å². The van der Waals surface area contributed by atoms with E-state index in [1.807, 2.05) is 25.1 Å². The molecule has 1 rings (SSSR count). The van der Waals surface area contributed by atoms with Crippen molar-refractivity contribution in [2.24, 2.45) is 0 Å². The van der Waals surface area contributed by atoms with Crippen molar-refractivity contribution < 1.29 is 4.79 Å². The zero-order valence-corrected chi connectivity index (χ0v) is 7.74. The summed E-state index contributed by atoms with van der Waals surface area (Å²) in [7, 11) is 0. The molecule has 1 aromatic heterocycles. The van der Waals surface area contributed by atoms with Crippen LogP contribution in [-0.2, 0) is 4.79 Å². The molecule has 0 unspecified atom stereocenters. The SMILES string of the molecule is CC(=O)/C=C(\C)Nc1ccccn1. The van der Waals surface area contributed by atoms with Crippen LogP contribution in [0.3, 0.4) is 0 Å². The Kier molecular flexibility index (Phi) is 3.20. The molecule has 68 valence electrons. The van der Waals surface area contributed by atoms with Crippen LogP contribution in [0, 0.1) is 0 Å². The Morgan fingerprint density at radius 2 is 2.23 bits per heavy atom. The van der Waals surface area contributed by atoms with E-state index >= 15 is 0 Å². The highest BCUT2D eigenvalue weighted by Gasteiger charge is 1.93. The fourth-order valence-electron chi connectivity index (χ4n) is 0.980. The first-order valence-electron chi connectivity index (χ1n) is 4.05. The lowest BCUT2D eigenvalue weighted by atomic mass is 10.3. The fourth-order valence-corrected chi connectivity index (χ4v) is 0.980. The number of pyridine rings is 1. The van der Waals surface area contributed by atoms with Crippen LogP contribution in [0.1, 0.15) is 13.8 Å². The first-order chi connectivity index (χ1) is 6.18. The third kappa shape index (κ3) is 3.51. The molecule has 3 nitrogen and oxygen atoms in total. The van der Waals surface area contributed by atoms with Crippen molar-refractivity contribution in [2.75, 3.05) is 5.32 Å². The summed E-state index contributed by atoms with van der Waals surface area (Å²) in [5.74, 6) is 0.776. The monoisotopic (exact) mass is 176 g/mol. The summed E-state index contributed by atoms with van der Waals surface area (Å²) in [4.78, 5) is 14.8. The zero-order valence-electron chi connectivity index (χ0n) is 7.74. The van der Waals surface area contributed by atoms with Gasteiger partial charge in [-0.3, -0.25) is 4.79 Å². The van der Waals surface area contributed by atoms with E-state index in [0.717, 1.165) is 11.5 Å². The first-order valence-corrected chi connectivity index (χ1v) is 4.05. The van der Waals surface area contributed by atoms with Crippen LogP contribution in [0.15, 0.2) is 36.2 Å². The van der Waals surface area contributed by atoms with Crippen LogP contribution in [0.2, 0.25) is 0 Å². The molecule has 3 heteroatoms. The third-order valence-corrected chi connectivity index (χ3v) is 1.41. The smallest absolute Gasteiger partial charge is 0.154 e. The highest BCUT2D eigenvalue weighted by atomic mass is 16.1. The lowest BCUT2D eigenvalue weighted by Crippen LogP contribution is -1.99. The maximum absolute atomic E-state index is 10.7. The molecule has 0 aliphatic rings. The molecule has 0 atom stereocenters. The van der Waals surface area contributed by atoms with Gasteiger partial charge in [-0.1, -0.05) is 6.07 Å². The molecule has 0 saturated heterocycles. The van der Waals surface area contributed by atoms with Gasteiger partial charge in [0, 0.05) is 11.9 Å². The number of anilines is 1. The van der Waals surface area contributed by atoms with Gasteiger partial charge in [0.05, 0.1) is 0 Å². The molecular formula is C10H12N2O. The van der Waals surface area contributed by atoms with Crippen LogP contribution < -0.4 is 5.32 Å². The van der Waals surface area contributed by atoms with Crippen molar-refractivity contribution in [3.63, 3.8) is 0 Å². The number of rotatable bonds is 3. The van der Waals surface area contributed by atoms with Gasteiger partial charge in [0.2, 0.25) is 0 Å². The summed E-state index contributed by atoms with van der Waals surface area (Å²) < 4.78 is 0. The minimum absolute atomic E-state index is 0.0286. The lowest BCUT2D eigenvalue weighted by molar-refractivity contribution is -0.112. The lowest BCUT2D eigenvalue weighted by Gasteiger charge is -2.03. The summed E-state index contributed by atoms with van der Waals surface area (Å²) in [6, 6.07) is 5.57. The van der Waals surface area contributed by atoms with Crippen LogP contribution in [0.5, 0.6) is 0 Å². The molecule has 0 bridgehead atoms. The number of nitrogens with one attached hydrogen (secondary N) is 1. The van der Waals surface area contributed by atoms with Gasteiger partial charge in [-0.05, 0) is 32.1 Å². The second kappa shape index (κ2) is 4.40. The largest absolute Gasteiger partial charge is 0.344 e. The Hall–Kier alpha value is -1.64. The number of hydrogen-bond donors (Lipinski definition) is 1. The number of carbonyl (C=O) groups excluding carboxylic acids is 1. The maximum Gasteiger partial charge on any atom is 0.154 e. The van der Waals surface area contributed by atoms with Gasteiger partial charge in [-0.25, -0.2) is 4.98 Å². The average Bonchev–Trinajstić information content (AvgIpc) is 2.04. The van der Waals surface area contributed by atoms with Crippen molar-refractivity contribution in [1.82, 2.24) is 4.98 Å². The van der Waals surface area contributed by atoms with Gasteiger partial charge < -0.3 is 5.32 Å². The average molecular weight is 176 g/mol. The molecule has 0 aliphatic carbocycles. The third-order valence-electron chi connectivity index (χ3n) is 1.41. The molecule has 1 aromatic rings. The van der Waals surface area contributed by atoms with E-state index in [4.69, 9.17) is 0 Å². The molecule has 0 saturated carbocycles. The number of hydrogen-bond acceptors (Lipinski definition) is 3. The number of allylic oxidation sites excluding steroid dienone is 2. The quantitative estimate of drug-likeness (QED) is 0.716. The fraction of sp³-hybridized carbons (Fsp3) is 0.200. The standard InChI is InChI=1S/C10H12N2O/c1-8(7-9(2)13)12-10-5-3-4-6-11-10/h3-7H,1-2H3,(H,11,12)/b8-7+. The molecule has 0 spiro atoms. The summed E-state index contributed by atoms with van der Waals surface area (Å²) >= 11 is 0. The van der Waals surface area contributed by atoms with Crippen molar-refractivity contribution >= 4 is 11.6 Å². The van der Waals surface area contributed by atoms with E-state index in [-0.39, 0.29) is 5.78 Å². The molecule has 13 heavy (non-hydrogen) atoms. The molecule has 0 aliphatic heterocycles. The first kappa shape index (κ1) is 9.45. The van der Waals surface area contributed by atoms with E-state index in [2.05, 4.69) is 10.3 Å². The summed E-state index contributed by atoms with van der Waals surface area (Å²) in [6.45, 7) is 3.35. The molecule has 1 heterocycles. The summed E-state index contributed by atoms with van der Waals surface area (Å²) in [5.41, 5.74) is 0.797. The van der Waals surface area contributed by atoms with Crippen molar-refractivity contribution in [2.45, 2.75) is 13.8 Å². The van der Waals surface area contributed by atoms with E-state index in [9.17, 15) is 4.79 Å². The molecule has 0 aromatic carbocycles. The van der Waals surface area contributed by atoms with Gasteiger partial charge in [-0.15, -0.1) is 0 Å². The van der Waals surface area contributed by atoms with Crippen LogP contribution in [-0.4, -0.2) is 10.8 Å². The minimum atomic E-state index is 0.0286. The number of carbonyl (C=O) groups is 1. The second-order valence-electron chi connectivity index (χ2n) is 2.78. The predicted octanol–water partition coefficient (Wildman–Crippen LogP) is 1.99. The highest BCUT2D eigenvalue weighted by molar-refractivity contribution is 5.88. The molecule has 0 amide bonds. The Morgan fingerprint density at radius 3 is 2.77 bits per heavy atom. The maximum atomic E-state index is 10.7. The topological polar surface area (TPSA) is 42.0 Å². The Balaban J connectivity index is 2.65. The highest BCUT2D eigenvalue weighted by Crippen LogP contribution is 2.03. The Morgan fingerprint density at radius 1 is 1.46 bits per heavy atom. The van der Waals surface area contributed by atoms with Gasteiger partial charge in [-0.2, -0.15) is 0 Å². The van der Waals surface area contributed by atoms with Crippen LogP contribution in [0.4, 0.5) is 5.82 Å². The van der Waals surface area contributed by atoms with E-state index in [1.165, 1.54) is 13.0 Å². The molecular weight excluding hydrogens is 164 g/mol. The van der Waals surface area contributed by atoms with Crippen molar-refractivity contribution in [1.29, 1.82) is 0 Å². The zero-order chi connectivity index (χ0) is 9.68. The number of ketones is 1. The Bertz CT molecular complexity index is 317. The Labute approximate surface area is 77.5 Å². The normalized spacial score (nSPS) is 11.1. The van der Waals surface area contributed by atoms with E-state index in [1.54, 1.807) is 6.20 Å². The van der Waals surface area contributed by atoms with Gasteiger partial charge >= 0.3 is 0 Å². The molecule has 0 fully saturated rings. The molecule has 0 radical (unpaired) electrons. The minimum Gasteiger partial charge on any atom is -0.344 e. The summed E-state index contributed by atoms with van der Waals surface area (Å²) in [5, 5.41) is 3.00. The van der Waals surface area contributed by atoms with E-state index in [0.29, 0.717) is 0 Å². The van der Waals surface area contributed by atoms with E-state index < -0.39 is 0 Å². The number of aromatic nitrogens is 1. The molecule has 1 N–H and O–H groups in total. The van der Waals surface area contributed by atoms with Crippen LogP contribution >= 0.6 is 0 Å². The second-order valence-corrected chi connectivity index (χ2v) is 2.78.